The molecule has 0 aliphatic heterocycles. The first-order chi connectivity index (χ1) is 11.8. The molecule has 0 aromatic heterocycles. The zero-order valence-electron chi connectivity index (χ0n) is 13.9. The van der Waals surface area contributed by atoms with Gasteiger partial charge in [-0.25, -0.2) is 0 Å². The van der Waals surface area contributed by atoms with Crippen LogP contribution in [0.1, 0.15) is 37.4 Å². The van der Waals surface area contributed by atoms with E-state index in [0.29, 0.717) is 11.8 Å². The Labute approximate surface area is 142 Å². The highest BCUT2D eigenvalue weighted by atomic mass is 16.5. The van der Waals surface area contributed by atoms with Crippen molar-refractivity contribution < 1.29 is 14.3 Å². The van der Waals surface area contributed by atoms with Gasteiger partial charge in [0.25, 0.3) is 5.91 Å². The van der Waals surface area contributed by atoms with Crippen molar-refractivity contribution in [1.29, 1.82) is 0 Å². The van der Waals surface area contributed by atoms with E-state index < -0.39 is 6.10 Å². The summed E-state index contributed by atoms with van der Waals surface area (Å²) in [6.07, 6.45) is 4.34. The van der Waals surface area contributed by atoms with Crippen molar-refractivity contribution in [1.82, 2.24) is 0 Å². The van der Waals surface area contributed by atoms with Crippen LogP contribution in [0, 0.1) is 0 Å². The Balaban J connectivity index is 1.67. The van der Waals surface area contributed by atoms with Crippen molar-refractivity contribution in [2.75, 3.05) is 12.4 Å². The van der Waals surface area contributed by atoms with Crippen LogP contribution < -0.4 is 10.1 Å². The maximum Gasteiger partial charge on any atom is 0.258 e. The molecule has 1 fully saturated rings. The third-order valence-electron chi connectivity index (χ3n) is 4.28. The van der Waals surface area contributed by atoms with Gasteiger partial charge in [0.15, 0.2) is 6.10 Å². The van der Waals surface area contributed by atoms with Crippen LogP contribution in [0.3, 0.4) is 0 Å². The Kier molecular flexibility index (Phi) is 5.49. The zero-order chi connectivity index (χ0) is 16.8. The second-order valence-electron chi connectivity index (χ2n) is 6.07. The van der Waals surface area contributed by atoms with Gasteiger partial charge in [-0.2, -0.15) is 0 Å². The number of anilines is 1. The first-order valence-corrected chi connectivity index (χ1v) is 8.41. The lowest BCUT2D eigenvalue weighted by molar-refractivity contribution is -0.126. The fourth-order valence-corrected chi connectivity index (χ4v) is 3.08. The SMILES string of the molecule is COC(C(=O)Nc1cccc(OC2CCCC2)c1)c1ccccc1. The van der Waals surface area contributed by atoms with Gasteiger partial charge in [-0.1, -0.05) is 36.4 Å². The van der Waals surface area contributed by atoms with Gasteiger partial charge in [0.1, 0.15) is 5.75 Å². The van der Waals surface area contributed by atoms with E-state index in [4.69, 9.17) is 9.47 Å². The average molecular weight is 325 g/mol. The predicted octanol–water partition coefficient (Wildman–Crippen LogP) is 4.33. The standard InChI is InChI=1S/C20H23NO3/c1-23-19(15-8-3-2-4-9-15)20(22)21-16-10-7-13-18(14-16)24-17-11-5-6-12-17/h2-4,7-10,13-14,17,19H,5-6,11-12H2,1H3,(H,21,22). The molecule has 1 atom stereocenters. The molecule has 1 saturated carbocycles. The Bertz CT molecular complexity index is 666. The van der Waals surface area contributed by atoms with Gasteiger partial charge < -0.3 is 14.8 Å². The van der Waals surface area contributed by atoms with E-state index in [2.05, 4.69) is 5.32 Å². The summed E-state index contributed by atoms with van der Waals surface area (Å²) >= 11 is 0. The highest BCUT2D eigenvalue weighted by molar-refractivity contribution is 5.95. The largest absolute Gasteiger partial charge is 0.490 e. The highest BCUT2D eigenvalue weighted by Crippen LogP contribution is 2.26. The van der Waals surface area contributed by atoms with E-state index in [-0.39, 0.29) is 5.91 Å². The number of rotatable bonds is 6. The lowest BCUT2D eigenvalue weighted by Gasteiger charge is -2.17. The van der Waals surface area contributed by atoms with Gasteiger partial charge in [-0.3, -0.25) is 4.79 Å². The van der Waals surface area contributed by atoms with E-state index in [9.17, 15) is 4.79 Å². The van der Waals surface area contributed by atoms with Crippen LogP contribution in [0.25, 0.3) is 0 Å². The monoisotopic (exact) mass is 325 g/mol. The molecule has 1 aliphatic carbocycles. The number of amides is 1. The Morgan fingerprint density at radius 1 is 1.08 bits per heavy atom. The molecular formula is C20H23NO3. The maximum absolute atomic E-state index is 12.5. The van der Waals surface area contributed by atoms with Crippen LogP contribution in [-0.2, 0) is 9.53 Å². The molecule has 1 unspecified atom stereocenters. The van der Waals surface area contributed by atoms with E-state index >= 15 is 0 Å². The Morgan fingerprint density at radius 2 is 1.83 bits per heavy atom. The molecule has 1 aliphatic rings. The highest BCUT2D eigenvalue weighted by Gasteiger charge is 2.20. The average Bonchev–Trinajstić information content (AvgIpc) is 3.10. The number of carbonyl (C=O) groups excluding carboxylic acids is 1. The number of benzene rings is 2. The topological polar surface area (TPSA) is 47.6 Å². The first-order valence-electron chi connectivity index (χ1n) is 8.41. The van der Waals surface area contributed by atoms with Crippen molar-refractivity contribution in [3.8, 4) is 5.75 Å². The summed E-state index contributed by atoms with van der Waals surface area (Å²) in [5.41, 5.74) is 1.55. The van der Waals surface area contributed by atoms with Crippen LogP contribution in [0.15, 0.2) is 54.6 Å². The number of methoxy groups -OCH3 is 1. The molecule has 0 heterocycles. The zero-order valence-corrected chi connectivity index (χ0v) is 13.9. The molecule has 3 rings (SSSR count). The number of nitrogens with one attached hydrogen (secondary N) is 1. The molecule has 0 radical (unpaired) electrons. The minimum atomic E-state index is -0.634. The lowest BCUT2D eigenvalue weighted by atomic mass is 10.1. The third-order valence-corrected chi connectivity index (χ3v) is 4.28. The van der Waals surface area contributed by atoms with Crippen LogP contribution in [0.4, 0.5) is 5.69 Å². The molecular weight excluding hydrogens is 302 g/mol. The molecule has 0 spiro atoms. The summed E-state index contributed by atoms with van der Waals surface area (Å²) in [6.45, 7) is 0. The number of ether oxygens (including phenoxy) is 2. The summed E-state index contributed by atoms with van der Waals surface area (Å²) in [5, 5.41) is 2.91. The van der Waals surface area contributed by atoms with Gasteiger partial charge in [0, 0.05) is 18.9 Å². The van der Waals surface area contributed by atoms with E-state index in [1.165, 1.54) is 20.0 Å². The molecule has 0 saturated heterocycles. The molecule has 4 nitrogen and oxygen atoms in total. The second-order valence-corrected chi connectivity index (χ2v) is 6.07. The lowest BCUT2D eigenvalue weighted by Crippen LogP contribution is -2.22. The van der Waals surface area contributed by atoms with Crippen LogP contribution in [0.2, 0.25) is 0 Å². The first kappa shape index (κ1) is 16.5. The van der Waals surface area contributed by atoms with Crippen molar-refractivity contribution >= 4 is 11.6 Å². The Hall–Kier alpha value is -2.33. The molecule has 1 amide bonds. The van der Waals surface area contributed by atoms with Crippen LogP contribution >= 0.6 is 0 Å². The molecule has 126 valence electrons. The number of carbonyl (C=O) groups is 1. The van der Waals surface area contributed by atoms with Gasteiger partial charge >= 0.3 is 0 Å². The predicted molar refractivity (Wildman–Crippen MR) is 94.1 cm³/mol. The smallest absolute Gasteiger partial charge is 0.258 e. The van der Waals surface area contributed by atoms with Gasteiger partial charge in [-0.05, 0) is 43.4 Å². The molecule has 1 N–H and O–H groups in total. The summed E-state index contributed by atoms with van der Waals surface area (Å²) in [6, 6.07) is 17.0. The van der Waals surface area contributed by atoms with E-state index in [0.717, 1.165) is 24.2 Å². The van der Waals surface area contributed by atoms with Crippen LogP contribution in [0.5, 0.6) is 5.75 Å². The van der Waals surface area contributed by atoms with Crippen molar-refractivity contribution in [3.63, 3.8) is 0 Å². The number of hydrogen-bond acceptors (Lipinski definition) is 3. The summed E-state index contributed by atoms with van der Waals surface area (Å²) in [4.78, 5) is 12.5. The fraction of sp³-hybridized carbons (Fsp3) is 0.350. The normalized spacial score (nSPS) is 15.9. The molecule has 0 bridgehead atoms. The minimum absolute atomic E-state index is 0.193. The van der Waals surface area contributed by atoms with Gasteiger partial charge in [0.2, 0.25) is 0 Å². The van der Waals surface area contributed by atoms with Crippen molar-refractivity contribution in [3.05, 3.63) is 60.2 Å². The second kappa shape index (κ2) is 7.97. The fourth-order valence-electron chi connectivity index (χ4n) is 3.08. The van der Waals surface area contributed by atoms with Crippen LogP contribution in [-0.4, -0.2) is 19.1 Å². The van der Waals surface area contributed by atoms with Gasteiger partial charge in [-0.15, -0.1) is 0 Å². The maximum atomic E-state index is 12.5. The van der Waals surface area contributed by atoms with Crippen molar-refractivity contribution in [2.24, 2.45) is 0 Å². The molecule has 4 heteroatoms. The third kappa shape index (κ3) is 4.15. The summed E-state index contributed by atoms with van der Waals surface area (Å²) < 4.78 is 11.4. The Morgan fingerprint density at radius 3 is 2.54 bits per heavy atom. The summed E-state index contributed by atoms with van der Waals surface area (Å²) in [5.74, 6) is 0.607. The quantitative estimate of drug-likeness (QED) is 0.859. The van der Waals surface area contributed by atoms with Gasteiger partial charge in [0.05, 0.1) is 6.10 Å². The van der Waals surface area contributed by atoms with E-state index in [1.54, 1.807) is 0 Å². The molecule has 24 heavy (non-hydrogen) atoms. The molecule has 2 aromatic carbocycles. The molecule has 2 aromatic rings. The summed E-state index contributed by atoms with van der Waals surface area (Å²) in [7, 11) is 1.54. The minimum Gasteiger partial charge on any atom is -0.490 e. The van der Waals surface area contributed by atoms with E-state index in [1.807, 2.05) is 54.6 Å². The van der Waals surface area contributed by atoms with Crippen molar-refractivity contribution in [2.45, 2.75) is 37.9 Å². The number of hydrogen-bond donors (Lipinski definition) is 1.